The number of amides is 2. The van der Waals surface area contributed by atoms with Gasteiger partial charge >= 0.3 is 0 Å². The normalized spacial score (nSPS) is 20.0. The molecular formula is C27H32ClN3O2. The second-order valence-electron chi connectivity index (χ2n) is 9.16. The van der Waals surface area contributed by atoms with Crippen LogP contribution in [0.3, 0.4) is 0 Å². The smallest absolute Gasteiger partial charge is 0.252 e. The first-order valence-electron chi connectivity index (χ1n) is 12.0. The standard InChI is InChI=1S/C27H32ClN3O2/c1-3-18(2)25-27(33)31(17-24(32)29-21-12-8-5-9-13-21)23-15-14-20(28)16-22(23)26(30-25)19-10-6-4-7-11-19/h4,6-7,10-11,14-16,18,21,25H,3,5,8-9,12-13,17H2,1-2H3,(H,29,32)/t18-,25-/m1/s1. The van der Waals surface area contributed by atoms with Crippen molar-refractivity contribution >= 4 is 34.8 Å². The summed E-state index contributed by atoms with van der Waals surface area (Å²) in [6.45, 7) is 4.08. The van der Waals surface area contributed by atoms with Gasteiger partial charge in [-0.25, -0.2) is 0 Å². The van der Waals surface area contributed by atoms with Crippen molar-refractivity contribution in [3.05, 3.63) is 64.7 Å². The van der Waals surface area contributed by atoms with E-state index in [0.29, 0.717) is 10.7 Å². The van der Waals surface area contributed by atoms with E-state index in [4.69, 9.17) is 16.6 Å². The van der Waals surface area contributed by atoms with Crippen LogP contribution in [-0.2, 0) is 9.59 Å². The maximum Gasteiger partial charge on any atom is 0.252 e. The van der Waals surface area contributed by atoms with Crippen LogP contribution in [0.1, 0.15) is 63.5 Å². The minimum atomic E-state index is -0.570. The van der Waals surface area contributed by atoms with Gasteiger partial charge < -0.3 is 10.2 Å². The molecule has 0 aromatic heterocycles. The molecule has 1 aliphatic heterocycles. The van der Waals surface area contributed by atoms with Crippen molar-refractivity contribution in [3.8, 4) is 0 Å². The summed E-state index contributed by atoms with van der Waals surface area (Å²) < 4.78 is 0. The van der Waals surface area contributed by atoms with Gasteiger partial charge in [-0.15, -0.1) is 0 Å². The zero-order valence-electron chi connectivity index (χ0n) is 19.4. The monoisotopic (exact) mass is 465 g/mol. The van der Waals surface area contributed by atoms with Gasteiger partial charge in [-0.3, -0.25) is 14.6 Å². The summed E-state index contributed by atoms with van der Waals surface area (Å²) in [6, 6.07) is 14.9. The lowest BCUT2D eigenvalue weighted by Gasteiger charge is -2.28. The predicted octanol–water partition coefficient (Wildman–Crippen LogP) is 5.39. The minimum absolute atomic E-state index is 0.0194. The highest BCUT2D eigenvalue weighted by Crippen LogP contribution is 2.33. The molecule has 4 rings (SSSR count). The number of anilines is 1. The molecule has 1 aliphatic carbocycles. The second kappa shape index (κ2) is 10.5. The van der Waals surface area contributed by atoms with E-state index in [1.807, 2.05) is 49.4 Å². The molecular weight excluding hydrogens is 434 g/mol. The van der Waals surface area contributed by atoms with E-state index in [9.17, 15) is 9.59 Å². The van der Waals surface area contributed by atoms with Crippen LogP contribution in [0.25, 0.3) is 0 Å². The first kappa shape index (κ1) is 23.5. The molecule has 2 aromatic carbocycles. The maximum absolute atomic E-state index is 13.8. The van der Waals surface area contributed by atoms with Crippen molar-refractivity contribution in [2.75, 3.05) is 11.4 Å². The van der Waals surface area contributed by atoms with Crippen molar-refractivity contribution in [1.82, 2.24) is 5.32 Å². The largest absolute Gasteiger partial charge is 0.352 e. The van der Waals surface area contributed by atoms with Gasteiger partial charge in [0.25, 0.3) is 5.91 Å². The quantitative estimate of drug-likeness (QED) is 0.621. The highest BCUT2D eigenvalue weighted by Gasteiger charge is 2.36. The third-order valence-electron chi connectivity index (χ3n) is 6.79. The van der Waals surface area contributed by atoms with Crippen LogP contribution in [0.15, 0.2) is 53.5 Å². The molecule has 0 bridgehead atoms. The third-order valence-corrected chi connectivity index (χ3v) is 7.03. The predicted molar refractivity (Wildman–Crippen MR) is 134 cm³/mol. The number of halogens is 1. The van der Waals surface area contributed by atoms with Gasteiger partial charge in [-0.2, -0.15) is 0 Å². The maximum atomic E-state index is 13.8. The van der Waals surface area contributed by atoms with E-state index in [0.717, 1.165) is 48.9 Å². The lowest BCUT2D eigenvalue weighted by atomic mass is 9.95. The van der Waals surface area contributed by atoms with Gasteiger partial charge in [-0.1, -0.05) is 81.5 Å². The molecule has 1 fully saturated rings. The summed E-state index contributed by atoms with van der Waals surface area (Å²) in [5, 5.41) is 3.72. The summed E-state index contributed by atoms with van der Waals surface area (Å²) in [7, 11) is 0. The number of nitrogens with one attached hydrogen (secondary N) is 1. The van der Waals surface area contributed by atoms with Gasteiger partial charge in [0.2, 0.25) is 5.91 Å². The van der Waals surface area contributed by atoms with Crippen molar-refractivity contribution in [2.45, 2.75) is 64.5 Å². The Labute approximate surface area is 201 Å². The summed E-state index contributed by atoms with van der Waals surface area (Å²) in [5.41, 5.74) is 3.12. The summed E-state index contributed by atoms with van der Waals surface area (Å²) in [5.74, 6) is -0.232. The fourth-order valence-electron chi connectivity index (χ4n) is 4.72. The van der Waals surface area contributed by atoms with Crippen molar-refractivity contribution < 1.29 is 9.59 Å². The average Bonchev–Trinajstić information content (AvgIpc) is 2.94. The first-order valence-corrected chi connectivity index (χ1v) is 12.4. The van der Waals surface area contributed by atoms with Crippen LogP contribution in [0, 0.1) is 5.92 Å². The van der Waals surface area contributed by atoms with E-state index >= 15 is 0 Å². The Morgan fingerprint density at radius 2 is 1.88 bits per heavy atom. The van der Waals surface area contributed by atoms with Crippen LogP contribution in [0.2, 0.25) is 5.02 Å². The van der Waals surface area contributed by atoms with Crippen LogP contribution >= 0.6 is 11.6 Å². The van der Waals surface area contributed by atoms with Crippen LogP contribution in [-0.4, -0.2) is 36.2 Å². The summed E-state index contributed by atoms with van der Waals surface area (Å²) in [4.78, 5) is 33.4. The van der Waals surface area contributed by atoms with Crippen LogP contribution in [0.4, 0.5) is 5.69 Å². The number of benzodiazepines with no additional fused rings is 1. The van der Waals surface area contributed by atoms with E-state index < -0.39 is 6.04 Å². The average molecular weight is 466 g/mol. The highest BCUT2D eigenvalue weighted by molar-refractivity contribution is 6.32. The number of benzene rings is 2. The molecule has 174 valence electrons. The van der Waals surface area contributed by atoms with Crippen molar-refractivity contribution in [1.29, 1.82) is 0 Å². The van der Waals surface area contributed by atoms with Gasteiger partial charge in [-0.05, 0) is 37.0 Å². The second-order valence-corrected chi connectivity index (χ2v) is 9.60. The Hall–Kier alpha value is -2.66. The molecule has 1 heterocycles. The number of hydrogen-bond acceptors (Lipinski definition) is 3. The lowest BCUT2D eigenvalue weighted by molar-refractivity contribution is -0.125. The SMILES string of the molecule is CC[C@@H](C)[C@H]1N=C(c2ccccc2)c2cc(Cl)ccc2N(CC(=O)NC2CCCCC2)C1=O. The van der Waals surface area contributed by atoms with Gasteiger partial charge in [0.05, 0.1) is 11.4 Å². The molecule has 33 heavy (non-hydrogen) atoms. The highest BCUT2D eigenvalue weighted by atomic mass is 35.5. The van der Waals surface area contributed by atoms with Crippen molar-refractivity contribution in [3.63, 3.8) is 0 Å². The molecule has 2 aromatic rings. The molecule has 0 saturated heterocycles. The number of carbonyl (C=O) groups is 2. The van der Waals surface area contributed by atoms with Crippen LogP contribution in [0.5, 0.6) is 0 Å². The zero-order chi connectivity index (χ0) is 23.4. The van der Waals surface area contributed by atoms with Gasteiger partial charge in [0, 0.05) is 22.2 Å². The fraction of sp³-hybridized carbons (Fsp3) is 0.444. The number of carbonyl (C=O) groups excluding carboxylic acids is 2. The van der Waals surface area contributed by atoms with E-state index in [1.54, 1.807) is 11.0 Å². The minimum Gasteiger partial charge on any atom is -0.352 e. The molecule has 0 unspecified atom stereocenters. The topological polar surface area (TPSA) is 61.8 Å². The van der Waals surface area contributed by atoms with Crippen LogP contribution < -0.4 is 10.2 Å². The molecule has 0 spiro atoms. The Bertz CT molecular complexity index is 1030. The first-order chi connectivity index (χ1) is 16.0. The third kappa shape index (κ3) is 5.30. The number of hydrogen-bond donors (Lipinski definition) is 1. The summed E-state index contributed by atoms with van der Waals surface area (Å²) >= 11 is 6.39. The Balaban J connectivity index is 1.74. The molecule has 6 heteroatoms. The van der Waals surface area contributed by atoms with Crippen molar-refractivity contribution in [2.24, 2.45) is 10.9 Å². The Morgan fingerprint density at radius 1 is 1.15 bits per heavy atom. The Morgan fingerprint density at radius 3 is 2.58 bits per heavy atom. The molecule has 0 radical (unpaired) electrons. The number of fused-ring (bicyclic) bond motifs is 1. The molecule has 2 aliphatic rings. The van der Waals surface area contributed by atoms with Gasteiger partial charge in [0.15, 0.2) is 0 Å². The molecule has 2 amide bonds. The van der Waals surface area contributed by atoms with E-state index in [2.05, 4.69) is 12.2 Å². The number of nitrogens with zero attached hydrogens (tertiary/aromatic N) is 2. The molecule has 1 saturated carbocycles. The molecule has 1 N–H and O–H groups in total. The van der Waals surface area contributed by atoms with E-state index in [-0.39, 0.29) is 30.3 Å². The number of aliphatic imine (C=N–C) groups is 1. The molecule has 2 atom stereocenters. The summed E-state index contributed by atoms with van der Waals surface area (Å²) in [6.07, 6.45) is 6.31. The molecule has 5 nitrogen and oxygen atoms in total. The van der Waals surface area contributed by atoms with Gasteiger partial charge in [0.1, 0.15) is 12.6 Å². The lowest BCUT2D eigenvalue weighted by Crippen LogP contribution is -2.48. The van der Waals surface area contributed by atoms with E-state index in [1.165, 1.54) is 6.42 Å². The fourth-order valence-corrected chi connectivity index (χ4v) is 4.89. The Kier molecular flexibility index (Phi) is 7.49. The number of rotatable bonds is 6. The zero-order valence-corrected chi connectivity index (χ0v) is 20.1.